The summed E-state index contributed by atoms with van der Waals surface area (Å²) in [6.45, 7) is 6.43. The topological polar surface area (TPSA) is 95.9 Å². The number of unbranched alkanes of at least 4 members (excludes halogenated alkanes) is 29. The van der Waals surface area contributed by atoms with Crippen LogP contribution in [0.4, 0.5) is 0 Å². The highest BCUT2D eigenvalue weighted by Crippen LogP contribution is 2.17. The second kappa shape index (κ2) is 52.3. The fraction of sp³-hybridized carbons (Fsp3) is 0.763. The molecule has 3 unspecified atom stereocenters. The molecule has 0 aliphatic carbocycles. The zero-order chi connectivity index (χ0) is 47.4. The molecule has 0 aliphatic rings. The smallest absolute Gasteiger partial charge is 0.306 e. The highest BCUT2D eigenvalue weighted by atomic mass is 16.5. The van der Waals surface area contributed by atoms with E-state index in [1.54, 1.807) is 0 Å². The number of hydrogen-bond donors (Lipinski definition) is 3. The van der Waals surface area contributed by atoms with Crippen molar-refractivity contribution in [2.45, 2.75) is 283 Å². The molecule has 6 nitrogen and oxygen atoms in total. The number of carbonyl (C=O) groups is 2. The fourth-order valence-corrected chi connectivity index (χ4v) is 8.14. The Hall–Kier alpha value is -2.70. The van der Waals surface area contributed by atoms with E-state index in [0.29, 0.717) is 19.3 Å². The lowest BCUT2D eigenvalue weighted by molar-refractivity contribution is -0.151. The van der Waals surface area contributed by atoms with Gasteiger partial charge in [-0.15, -0.1) is 0 Å². The molecule has 0 spiro atoms. The van der Waals surface area contributed by atoms with E-state index >= 15 is 0 Å². The molecule has 1 amide bonds. The van der Waals surface area contributed by atoms with Crippen LogP contribution < -0.4 is 5.32 Å². The Bertz CT molecular complexity index is 1200. The van der Waals surface area contributed by atoms with E-state index < -0.39 is 18.2 Å². The predicted molar refractivity (Wildman–Crippen MR) is 282 cm³/mol. The maximum absolute atomic E-state index is 13.2. The van der Waals surface area contributed by atoms with Crippen LogP contribution in [0.1, 0.15) is 265 Å². The van der Waals surface area contributed by atoms with Crippen LogP contribution in [0.5, 0.6) is 0 Å². The summed E-state index contributed by atoms with van der Waals surface area (Å²) >= 11 is 0. The molecule has 3 N–H and O–H groups in total. The van der Waals surface area contributed by atoms with Crippen LogP contribution in [0.25, 0.3) is 0 Å². The van der Waals surface area contributed by atoms with Gasteiger partial charge in [0.25, 0.3) is 0 Å². The minimum atomic E-state index is -0.804. The van der Waals surface area contributed by atoms with E-state index in [0.717, 1.165) is 89.9 Å². The van der Waals surface area contributed by atoms with Crippen molar-refractivity contribution in [1.29, 1.82) is 0 Å². The van der Waals surface area contributed by atoms with Gasteiger partial charge in [0.05, 0.1) is 25.2 Å². The Balaban J connectivity index is 4.69. The van der Waals surface area contributed by atoms with Crippen molar-refractivity contribution in [1.82, 2.24) is 5.32 Å². The number of hydrogen-bond acceptors (Lipinski definition) is 5. The van der Waals surface area contributed by atoms with Gasteiger partial charge in [-0.3, -0.25) is 9.59 Å². The summed E-state index contributed by atoms with van der Waals surface area (Å²) < 4.78 is 5.93. The van der Waals surface area contributed by atoms with Gasteiger partial charge in [0, 0.05) is 6.42 Å². The van der Waals surface area contributed by atoms with Crippen LogP contribution in [0.2, 0.25) is 0 Å². The Morgan fingerprint density at radius 2 is 0.785 bits per heavy atom. The van der Waals surface area contributed by atoms with Gasteiger partial charge in [0.2, 0.25) is 5.91 Å². The minimum absolute atomic E-state index is 0.0432. The van der Waals surface area contributed by atoms with Gasteiger partial charge in [-0.25, -0.2) is 0 Å². The van der Waals surface area contributed by atoms with Crippen molar-refractivity contribution in [2.24, 2.45) is 0 Å². The Morgan fingerprint density at radius 1 is 0.446 bits per heavy atom. The molecule has 0 aromatic rings. The largest absolute Gasteiger partial charge is 0.462 e. The predicted octanol–water partition coefficient (Wildman–Crippen LogP) is 17.0. The van der Waals surface area contributed by atoms with E-state index in [2.05, 4.69) is 92.9 Å². The van der Waals surface area contributed by atoms with Gasteiger partial charge >= 0.3 is 5.97 Å². The number of rotatable bonds is 49. The summed E-state index contributed by atoms with van der Waals surface area (Å²) in [6, 6.07) is -0.721. The molecular formula is C59H105NO5. The summed E-state index contributed by atoms with van der Waals surface area (Å²) in [4.78, 5) is 26.2. The van der Waals surface area contributed by atoms with Crippen molar-refractivity contribution in [3.63, 3.8) is 0 Å². The van der Waals surface area contributed by atoms with Gasteiger partial charge in [0.1, 0.15) is 6.10 Å². The SMILES string of the molecule is CCCCC/C=C/C=C/C=C/C=C/CCCCCC(CC(=O)NC(CO)C(O)CCCCCCCCCCCCCC)OC(=O)CCCCCCC/C=C/C=C/CCCCCCCCC. The lowest BCUT2D eigenvalue weighted by Crippen LogP contribution is -2.46. The van der Waals surface area contributed by atoms with Crippen molar-refractivity contribution in [2.75, 3.05) is 6.61 Å². The lowest BCUT2D eigenvalue weighted by Gasteiger charge is -2.24. The van der Waals surface area contributed by atoms with E-state index in [9.17, 15) is 19.8 Å². The molecule has 0 saturated heterocycles. The quantitative estimate of drug-likeness (QED) is 0.0321. The van der Waals surface area contributed by atoms with Crippen LogP contribution in [0.3, 0.4) is 0 Å². The van der Waals surface area contributed by atoms with E-state index in [4.69, 9.17) is 4.74 Å². The number of allylic oxidation sites excluding steroid dienone is 12. The number of ether oxygens (including phenoxy) is 1. The molecule has 0 aromatic carbocycles. The summed E-state index contributed by atoms with van der Waals surface area (Å²) in [6.07, 6.45) is 66.7. The van der Waals surface area contributed by atoms with Gasteiger partial charge in [-0.2, -0.15) is 0 Å². The average Bonchev–Trinajstić information content (AvgIpc) is 3.30. The Morgan fingerprint density at radius 3 is 1.25 bits per heavy atom. The molecule has 0 saturated carbocycles. The van der Waals surface area contributed by atoms with Crippen LogP contribution in [-0.2, 0) is 14.3 Å². The maximum Gasteiger partial charge on any atom is 0.306 e. The summed E-state index contributed by atoms with van der Waals surface area (Å²) in [5.41, 5.74) is 0. The number of amides is 1. The van der Waals surface area contributed by atoms with E-state index in [1.807, 2.05) is 6.08 Å². The third-order valence-corrected chi connectivity index (χ3v) is 12.4. The minimum Gasteiger partial charge on any atom is -0.462 e. The van der Waals surface area contributed by atoms with E-state index in [-0.39, 0.29) is 24.9 Å². The highest BCUT2D eigenvalue weighted by Gasteiger charge is 2.24. The molecule has 0 bridgehead atoms. The maximum atomic E-state index is 13.2. The molecule has 65 heavy (non-hydrogen) atoms. The van der Waals surface area contributed by atoms with Crippen molar-refractivity contribution in [3.8, 4) is 0 Å². The average molecular weight is 908 g/mol. The number of aliphatic hydroxyl groups is 2. The molecule has 0 radical (unpaired) electrons. The lowest BCUT2D eigenvalue weighted by atomic mass is 10.0. The second-order valence-corrected chi connectivity index (χ2v) is 18.8. The second-order valence-electron chi connectivity index (χ2n) is 18.8. The summed E-state index contributed by atoms with van der Waals surface area (Å²) in [5, 5.41) is 23.8. The Kier molecular flexibility index (Phi) is 50.1. The van der Waals surface area contributed by atoms with Crippen molar-refractivity contribution < 1.29 is 24.5 Å². The summed E-state index contributed by atoms with van der Waals surface area (Å²) in [7, 11) is 0. The summed E-state index contributed by atoms with van der Waals surface area (Å²) in [5.74, 6) is -0.528. The van der Waals surface area contributed by atoms with Crippen LogP contribution in [0.15, 0.2) is 72.9 Å². The third-order valence-electron chi connectivity index (χ3n) is 12.4. The molecule has 376 valence electrons. The zero-order valence-corrected chi connectivity index (χ0v) is 42.9. The molecule has 3 atom stereocenters. The molecule has 6 heteroatoms. The number of aliphatic hydroxyl groups excluding tert-OH is 2. The van der Waals surface area contributed by atoms with Crippen LogP contribution in [0, 0.1) is 0 Å². The standard InChI is InChI=1S/C59H105NO5/c1-4-7-10-13-16-19-22-25-27-29-30-32-34-37-40-43-46-49-52-59(64)65-55(50-47-44-41-38-35-33-31-28-26-23-20-17-14-11-8-5-2)53-58(63)60-56(54-61)57(62)51-48-45-42-39-36-24-21-18-15-12-9-6-3/h17,20,23,26-33,35,55-57,61-62H,4-16,18-19,21-22,24-25,34,36-54H2,1-3H3,(H,60,63)/b20-17+,26-23+,29-27+,31-28+,32-30+,35-33+. The van der Waals surface area contributed by atoms with Gasteiger partial charge in [-0.05, 0) is 77.0 Å². The third kappa shape index (κ3) is 47.6. The molecule has 0 aliphatic heterocycles. The Labute approximate surface area is 402 Å². The first-order valence-electron chi connectivity index (χ1n) is 27.7. The first kappa shape index (κ1) is 62.3. The number of carbonyl (C=O) groups excluding carboxylic acids is 2. The highest BCUT2D eigenvalue weighted by molar-refractivity contribution is 5.77. The first-order valence-corrected chi connectivity index (χ1v) is 27.7. The van der Waals surface area contributed by atoms with Gasteiger partial charge in [-0.1, -0.05) is 248 Å². The normalized spacial score (nSPS) is 13.7. The number of esters is 1. The zero-order valence-electron chi connectivity index (χ0n) is 42.9. The van der Waals surface area contributed by atoms with Crippen molar-refractivity contribution in [3.05, 3.63) is 72.9 Å². The van der Waals surface area contributed by atoms with Gasteiger partial charge < -0.3 is 20.3 Å². The molecular weight excluding hydrogens is 803 g/mol. The van der Waals surface area contributed by atoms with Crippen LogP contribution >= 0.6 is 0 Å². The van der Waals surface area contributed by atoms with Crippen molar-refractivity contribution >= 4 is 11.9 Å². The monoisotopic (exact) mass is 908 g/mol. The first-order chi connectivity index (χ1) is 32.0. The molecule has 0 heterocycles. The fourth-order valence-electron chi connectivity index (χ4n) is 8.14. The van der Waals surface area contributed by atoms with Gasteiger partial charge in [0.15, 0.2) is 0 Å². The molecule has 0 rings (SSSR count). The number of nitrogens with one attached hydrogen (secondary N) is 1. The molecule has 0 aromatic heterocycles. The van der Waals surface area contributed by atoms with Crippen LogP contribution in [-0.4, -0.2) is 46.9 Å². The molecule has 0 fully saturated rings. The van der Waals surface area contributed by atoms with E-state index in [1.165, 1.54) is 128 Å².